The normalized spacial score (nSPS) is 10.6. The van der Waals surface area contributed by atoms with Crippen molar-refractivity contribution in [2.75, 3.05) is 12.4 Å². The third-order valence-corrected chi connectivity index (χ3v) is 4.62. The van der Waals surface area contributed by atoms with E-state index < -0.39 is 12.0 Å². The van der Waals surface area contributed by atoms with Crippen molar-refractivity contribution < 1.29 is 22.7 Å². The molecule has 146 valence electrons. The smallest absolute Gasteiger partial charge is 0.269 e. The van der Waals surface area contributed by atoms with Gasteiger partial charge in [-0.05, 0) is 37.6 Å². The van der Waals surface area contributed by atoms with Gasteiger partial charge in [-0.1, -0.05) is 12.1 Å². The predicted molar refractivity (Wildman–Crippen MR) is 102 cm³/mol. The molecule has 3 aromatic rings. The number of carbonyl (C=O) groups is 1. The van der Waals surface area contributed by atoms with E-state index in [0.717, 1.165) is 17.1 Å². The molecule has 9 heteroatoms. The number of amides is 1. The van der Waals surface area contributed by atoms with Crippen LogP contribution in [0.3, 0.4) is 0 Å². The van der Waals surface area contributed by atoms with Crippen molar-refractivity contribution >= 4 is 22.6 Å². The zero-order valence-electron chi connectivity index (χ0n) is 15.4. The predicted octanol–water partition coefficient (Wildman–Crippen LogP) is 5.08. The highest BCUT2D eigenvalue weighted by atomic mass is 32.1. The Hall–Kier alpha value is -3.07. The van der Waals surface area contributed by atoms with E-state index in [9.17, 15) is 13.6 Å². The van der Waals surface area contributed by atoms with Crippen LogP contribution in [0.2, 0.25) is 0 Å². The van der Waals surface area contributed by atoms with E-state index in [1.165, 1.54) is 6.92 Å². The summed E-state index contributed by atoms with van der Waals surface area (Å²) < 4.78 is 39.9. The number of nitrogens with one attached hydrogen (secondary N) is 1. The Bertz CT molecular complexity index is 1040. The van der Waals surface area contributed by atoms with Crippen molar-refractivity contribution in [3.8, 4) is 17.1 Å². The fourth-order valence-corrected chi connectivity index (χ4v) is 3.05. The molecule has 0 unspecified atom stereocenters. The molecule has 0 saturated carbocycles. The lowest BCUT2D eigenvalue weighted by molar-refractivity contribution is 0.102. The number of aromatic nitrogens is 2. The van der Waals surface area contributed by atoms with Gasteiger partial charge >= 0.3 is 0 Å². The van der Waals surface area contributed by atoms with Gasteiger partial charge in [0, 0.05) is 23.5 Å². The Morgan fingerprint density at radius 2 is 2.11 bits per heavy atom. The van der Waals surface area contributed by atoms with E-state index in [4.69, 9.17) is 9.15 Å². The van der Waals surface area contributed by atoms with Crippen LogP contribution in [-0.2, 0) is 6.42 Å². The Morgan fingerprint density at radius 1 is 1.32 bits per heavy atom. The van der Waals surface area contributed by atoms with Crippen molar-refractivity contribution in [2.24, 2.45) is 0 Å². The van der Waals surface area contributed by atoms with Crippen LogP contribution in [0.1, 0.15) is 28.9 Å². The molecule has 0 aliphatic rings. The molecule has 28 heavy (non-hydrogen) atoms. The number of methoxy groups -OCH3 is 1. The zero-order valence-corrected chi connectivity index (χ0v) is 16.2. The summed E-state index contributed by atoms with van der Waals surface area (Å²) in [6.45, 7) is 2.99. The third kappa shape index (κ3) is 4.42. The summed E-state index contributed by atoms with van der Waals surface area (Å²) in [5, 5.41) is 2.86. The Morgan fingerprint density at radius 3 is 2.82 bits per heavy atom. The molecule has 0 spiro atoms. The van der Waals surface area contributed by atoms with E-state index in [2.05, 4.69) is 14.7 Å². The lowest BCUT2D eigenvalue weighted by atomic mass is 10.1. The fraction of sp³-hybridized carbons (Fsp3) is 0.211. The quantitative estimate of drug-likeness (QED) is 0.619. The Labute approximate surface area is 164 Å². The first-order chi connectivity index (χ1) is 13.4. The molecule has 6 nitrogen and oxygen atoms in total. The van der Waals surface area contributed by atoms with Crippen LogP contribution in [-0.4, -0.2) is 22.4 Å². The van der Waals surface area contributed by atoms with Crippen LogP contribution in [0.25, 0.3) is 11.3 Å². The number of ether oxygens (including phenoxy) is 1. The molecule has 0 bridgehead atoms. The van der Waals surface area contributed by atoms with Crippen molar-refractivity contribution in [3.63, 3.8) is 0 Å². The van der Waals surface area contributed by atoms with Crippen molar-refractivity contribution in [3.05, 3.63) is 59.1 Å². The number of rotatable bonds is 6. The number of carbonyl (C=O) groups excluding carboxylic acids is 1. The highest BCUT2D eigenvalue weighted by molar-refractivity contribution is 7.09. The summed E-state index contributed by atoms with van der Waals surface area (Å²) in [6, 6.07) is 8.92. The van der Waals surface area contributed by atoms with Gasteiger partial charge in [-0.3, -0.25) is 10.1 Å². The maximum absolute atomic E-state index is 12.6. The Kier molecular flexibility index (Phi) is 5.84. The molecule has 0 aliphatic heterocycles. The number of halogens is 2. The van der Waals surface area contributed by atoms with Crippen LogP contribution < -0.4 is 10.1 Å². The summed E-state index contributed by atoms with van der Waals surface area (Å²) in [7, 11) is 1.57. The number of hydrogen-bond donors (Lipinski definition) is 1. The van der Waals surface area contributed by atoms with Gasteiger partial charge in [0.1, 0.15) is 23.1 Å². The molecule has 1 N–H and O–H groups in total. The number of aryl methyl sites for hydroxylation is 1. The molecule has 0 aliphatic carbocycles. The molecule has 2 aromatic heterocycles. The zero-order chi connectivity index (χ0) is 20.3. The van der Waals surface area contributed by atoms with Gasteiger partial charge < -0.3 is 9.15 Å². The highest BCUT2D eigenvalue weighted by Gasteiger charge is 2.18. The molecule has 2 heterocycles. The fourth-order valence-electron chi connectivity index (χ4n) is 2.47. The summed E-state index contributed by atoms with van der Waals surface area (Å²) in [5.74, 6) is 1.46. The molecule has 0 atom stereocenters. The maximum Gasteiger partial charge on any atom is 0.269 e. The average molecular weight is 405 g/mol. The van der Waals surface area contributed by atoms with Crippen molar-refractivity contribution in [2.45, 2.75) is 20.3 Å². The minimum Gasteiger partial charge on any atom is -0.497 e. The first-order valence-electron chi connectivity index (χ1n) is 8.27. The Balaban J connectivity index is 1.76. The summed E-state index contributed by atoms with van der Waals surface area (Å²) in [6.07, 6.45) is -1.82. The number of nitrogens with zero attached hydrogens (tertiary/aromatic N) is 2. The number of furan rings is 1. The minimum absolute atomic E-state index is 0.0700. The maximum atomic E-state index is 12.6. The van der Waals surface area contributed by atoms with Crippen molar-refractivity contribution in [1.82, 2.24) is 9.36 Å². The summed E-state index contributed by atoms with van der Waals surface area (Å²) >= 11 is 0.933. The van der Waals surface area contributed by atoms with E-state index >= 15 is 0 Å². The molecule has 0 saturated heterocycles. The van der Waals surface area contributed by atoms with E-state index in [-0.39, 0.29) is 22.9 Å². The van der Waals surface area contributed by atoms with Gasteiger partial charge in [0.25, 0.3) is 12.0 Å². The first kappa shape index (κ1) is 19.7. The van der Waals surface area contributed by atoms with Crippen LogP contribution in [0.15, 0.2) is 46.4 Å². The average Bonchev–Trinajstić information content (AvgIpc) is 3.28. The van der Waals surface area contributed by atoms with E-state index in [1.807, 2.05) is 18.2 Å². The number of allylic oxidation sites excluding steroid dienone is 1. The standard InChI is InChI=1S/C19H17F2N3O3S/c1-10(17(20)21)7-16-22-19(28-24-16)23-18(25)14-9-15(27-11(14)2)12-5-4-6-13(8-12)26-3/h4-6,8-9H,7H2,1-3H3,(H,22,23,24,25). The second kappa shape index (κ2) is 8.30. The summed E-state index contributed by atoms with van der Waals surface area (Å²) in [4.78, 5) is 16.6. The number of anilines is 1. The van der Waals surface area contributed by atoms with Crippen LogP contribution >= 0.6 is 11.5 Å². The third-order valence-electron chi connectivity index (χ3n) is 3.95. The van der Waals surface area contributed by atoms with Crippen molar-refractivity contribution in [1.29, 1.82) is 0 Å². The van der Waals surface area contributed by atoms with Gasteiger partial charge in [0.05, 0.1) is 12.7 Å². The highest BCUT2D eigenvalue weighted by Crippen LogP contribution is 2.28. The topological polar surface area (TPSA) is 77.2 Å². The molecule has 0 radical (unpaired) electrons. The molecular weight excluding hydrogens is 388 g/mol. The number of benzene rings is 1. The monoisotopic (exact) mass is 405 g/mol. The van der Waals surface area contributed by atoms with Gasteiger partial charge in [0.2, 0.25) is 5.13 Å². The molecule has 1 amide bonds. The SMILES string of the molecule is COc1cccc(-c2cc(C(=O)Nc3nc(CC(C)=C(F)F)ns3)c(C)o2)c1. The van der Waals surface area contributed by atoms with Crippen LogP contribution in [0, 0.1) is 6.92 Å². The molecular formula is C19H17F2N3O3S. The second-order valence-corrected chi connectivity index (χ2v) is 6.75. The molecule has 1 aromatic carbocycles. The first-order valence-corrected chi connectivity index (χ1v) is 9.04. The largest absolute Gasteiger partial charge is 0.497 e. The van der Waals surface area contributed by atoms with Gasteiger partial charge in [-0.15, -0.1) is 0 Å². The van der Waals surface area contributed by atoms with Gasteiger partial charge in [0.15, 0.2) is 0 Å². The second-order valence-electron chi connectivity index (χ2n) is 6.00. The van der Waals surface area contributed by atoms with E-state index in [0.29, 0.717) is 22.8 Å². The molecule has 3 rings (SSSR count). The lowest BCUT2D eigenvalue weighted by Crippen LogP contribution is -2.12. The lowest BCUT2D eigenvalue weighted by Gasteiger charge is -2.01. The summed E-state index contributed by atoms with van der Waals surface area (Å²) in [5.41, 5.74) is 1.01. The molecule has 0 fully saturated rings. The van der Waals surface area contributed by atoms with Crippen LogP contribution in [0.4, 0.5) is 13.9 Å². The number of hydrogen-bond acceptors (Lipinski definition) is 6. The van der Waals surface area contributed by atoms with Gasteiger partial charge in [-0.2, -0.15) is 13.2 Å². The minimum atomic E-state index is -1.75. The van der Waals surface area contributed by atoms with E-state index in [1.54, 1.807) is 26.2 Å². The van der Waals surface area contributed by atoms with Crippen LogP contribution in [0.5, 0.6) is 5.75 Å². The van der Waals surface area contributed by atoms with Gasteiger partial charge in [-0.25, -0.2) is 4.98 Å².